The van der Waals surface area contributed by atoms with Crippen LogP contribution in [-0.2, 0) is 14.3 Å². The van der Waals surface area contributed by atoms with E-state index in [2.05, 4.69) is 10.1 Å². The second-order valence-electron chi connectivity index (χ2n) is 4.83. The fourth-order valence-electron chi connectivity index (χ4n) is 2.56. The number of ether oxygens (including phenoxy) is 2. The van der Waals surface area contributed by atoms with E-state index in [1.165, 1.54) is 14.2 Å². The van der Waals surface area contributed by atoms with E-state index in [1.54, 1.807) is 0 Å². The molecule has 4 nitrogen and oxygen atoms in total. The Morgan fingerprint density at radius 3 is 2.63 bits per heavy atom. The Hall–Kier alpha value is -0.820. The highest BCUT2D eigenvalue weighted by atomic mass is 19.4. The number of alkyl halides is 3. The predicted molar refractivity (Wildman–Crippen MR) is 62.6 cm³/mol. The molecule has 1 saturated carbocycles. The number of carbonyl (C=O) groups excluding carboxylic acids is 1. The Morgan fingerprint density at radius 2 is 2.11 bits per heavy atom. The highest BCUT2D eigenvalue weighted by Crippen LogP contribution is 2.42. The average molecular weight is 283 g/mol. The third-order valence-electron chi connectivity index (χ3n) is 3.56. The summed E-state index contributed by atoms with van der Waals surface area (Å²) in [6, 6.07) is 0. The van der Waals surface area contributed by atoms with Crippen molar-refractivity contribution >= 4 is 5.97 Å². The van der Waals surface area contributed by atoms with Crippen LogP contribution in [0, 0.1) is 5.92 Å². The van der Waals surface area contributed by atoms with Gasteiger partial charge in [-0.2, -0.15) is 13.2 Å². The van der Waals surface area contributed by atoms with Gasteiger partial charge in [-0.3, -0.25) is 10.1 Å². The molecule has 2 unspecified atom stereocenters. The molecule has 0 aromatic carbocycles. The van der Waals surface area contributed by atoms with Crippen molar-refractivity contribution < 1.29 is 27.4 Å². The van der Waals surface area contributed by atoms with E-state index >= 15 is 0 Å². The number of rotatable bonds is 5. The number of carbonyl (C=O) groups is 1. The average Bonchev–Trinajstić information content (AvgIpc) is 2.37. The molecule has 1 N–H and O–H groups in total. The van der Waals surface area contributed by atoms with Crippen LogP contribution in [0.2, 0.25) is 0 Å². The summed E-state index contributed by atoms with van der Waals surface area (Å²) >= 11 is 0. The van der Waals surface area contributed by atoms with Crippen LogP contribution in [-0.4, -0.2) is 45.1 Å². The minimum absolute atomic E-state index is 0.0637. The number of hydrogen-bond acceptors (Lipinski definition) is 4. The summed E-state index contributed by atoms with van der Waals surface area (Å²) in [5, 5.41) is 2.89. The lowest BCUT2D eigenvalue weighted by Crippen LogP contribution is -2.57. The monoisotopic (exact) mass is 283 g/mol. The van der Waals surface area contributed by atoms with Crippen LogP contribution in [0.1, 0.15) is 25.7 Å². The van der Waals surface area contributed by atoms with Gasteiger partial charge in [0.25, 0.3) is 0 Å². The van der Waals surface area contributed by atoms with E-state index in [0.717, 1.165) is 0 Å². The molecule has 0 aliphatic heterocycles. The Balaban J connectivity index is 2.81. The van der Waals surface area contributed by atoms with Gasteiger partial charge < -0.3 is 9.47 Å². The molecule has 1 aliphatic carbocycles. The normalized spacial score (nSPS) is 28.2. The number of nitrogens with one attached hydrogen (secondary N) is 1. The fraction of sp³-hybridized carbons (Fsp3) is 0.917. The van der Waals surface area contributed by atoms with Gasteiger partial charge in [0.2, 0.25) is 0 Å². The Labute approximate surface area is 110 Å². The number of methoxy groups -OCH3 is 2. The van der Waals surface area contributed by atoms with E-state index in [-0.39, 0.29) is 12.8 Å². The Morgan fingerprint density at radius 1 is 1.42 bits per heavy atom. The van der Waals surface area contributed by atoms with Crippen LogP contribution in [0.15, 0.2) is 0 Å². The summed E-state index contributed by atoms with van der Waals surface area (Å²) in [6.45, 7) is 0.644. The first kappa shape index (κ1) is 16.2. The minimum atomic E-state index is -4.28. The lowest BCUT2D eigenvalue weighted by atomic mass is 9.75. The molecule has 0 heterocycles. The second-order valence-corrected chi connectivity index (χ2v) is 4.83. The highest BCUT2D eigenvalue weighted by molar-refractivity contribution is 5.81. The predicted octanol–water partition coefficient (Wildman–Crippen LogP) is 1.89. The van der Waals surface area contributed by atoms with Crippen LogP contribution in [0.5, 0.6) is 0 Å². The summed E-state index contributed by atoms with van der Waals surface area (Å²) in [5.74, 6) is -2.09. The van der Waals surface area contributed by atoms with Gasteiger partial charge >= 0.3 is 12.1 Å². The smallest absolute Gasteiger partial charge is 0.391 e. The molecule has 1 rings (SSSR count). The molecule has 0 radical (unpaired) electrons. The van der Waals surface area contributed by atoms with Gasteiger partial charge in [0.15, 0.2) is 0 Å². The van der Waals surface area contributed by atoms with Crippen LogP contribution >= 0.6 is 0 Å². The summed E-state index contributed by atoms with van der Waals surface area (Å²) in [4.78, 5) is 11.9. The Kier molecular flexibility index (Phi) is 5.61. The first-order valence-corrected chi connectivity index (χ1v) is 6.25. The van der Waals surface area contributed by atoms with Gasteiger partial charge in [-0.15, -0.1) is 0 Å². The molecule has 0 aromatic rings. The summed E-state index contributed by atoms with van der Waals surface area (Å²) in [7, 11) is 2.69. The lowest BCUT2D eigenvalue weighted by molar-refractivity contribution is -0.192. The van der Waals surface area contributed by atoms with Crippen LogP contribution in [0.4, 0.5) is 13.2 Å². The largest absolute Gasteiger partial charge is 0.468 e. The molecule has 19 heavy (non-hydrogen) atoms. The van der Waals surface area contributed by atoms with Gasteiger partial charge in [0.05, 0.1) is 19.6 Å². The van der Waals surface area contributed by atoms with Gasteiger partial charge in [0.1, 0.15) is 5.54 Å². The molecule has 0 spiro atoms. The van der Waals surface area contributed by atoms with E-state index < -0.39 is 23.6 Å². The number of halogens is 3. The van der Waals surface area contributed by atoms with E-state index in [1.807, 2.05) is 0 Å². The standard InChI is InChI=1S/C12H20F3NO3/c1-18-7-6-16-11(10(17)19-2)5-3-4-9(8-11)12(13,14)15/h9,16H,3-8H2,1-2H3. The SMILES string of the molecule is COCCNC1(C(=O)OC)CCCC(C(F)(F)F)C1. The summed E-state index contributed by atoms with van der Waals surface area (Å²) < 4.78 is 48.0. The molecule has 0 aromatic heterocycles. The van der Waals surface area contributed by atoms with Crippen LogP contribution < -0.4 is 5.32 Å². The molecular formula is C12H20F3NO3. The van der Waals surface area contributed by atoms with Crippen molar-refractivity contribution in [2.45, 2.75) is 37.4 Å². The zero-order valence-corrected chi connectivity index (χ0v) is 11.2. The fourth-order valence-corrected chi connectivity index (χ4v) is 2.56. The lowest BCUT2D eigenvalue weighted by Gasteiger charge is -2.39. The first-order chi connectivity index (χ1) is 8.85. The second kappa shape index (κ2) is 6.56. The third kappa shape index (κ3) is 4.07. The van der Waals surface area contributed by atoms with Crippen molar-refractivity contribution in [2.75, 3.05) is 27.4 Å². The van der Waals surface area contributed by atoms with Gasteiger partial charge in [-0.25, -0.2) is 0 Å². The molecule has 1 aliphatic rings. The van der Waals surface area contributed by atoms with Crippen molar-refractivity contribution in [1.29, 1.82) is 0 Å². The van der Waals surface area contributed by atoms with Gasteiger partial charge in [-0.1, -0.05) is 6.42 Å². The zero-order valence-electron chi connectivity index (χ0n) is 11.2. The van der Waals surface area contributed by atoms with Gasteiger partial charge in [0, 0.05) is 13.7 Å². The maximum atomic E-state index is 12.8. The van der Waals surface area contributed by atoms with Crippen molar-refractivity contribution in [2.24, 2.45) is 5.92 Å². The molecule has 0 bridgehead atoms. The highest BCUT2D eigenvalue weighted by Gasteiger charge is 2.51. The van der Waals surface area contributed by atoms with Gasteiger partial charge in [-0.05, 0) is 19.3 Å². The molecule has 2 atom stereocenters. The van der Waals surface area contributed by atoms with E-state index in [4.69, 9.17) is 4.74 Å². The van der Waals surface area contributed by atoms with Crippen LogP contribution in [0.25, 0.3) is 0 Å². The molecular weight excluding hydrogens is 263 g/mol. The minimum Gasteiger partial charge on any atom is -0.468 e. The Bertz CT molecular complexity index is 309. The number of hydrogen-bond donors (Lipinski definition) is 1. The summed E-state index contributed by atoms with van der Waals surface area (Å²) in [6.07, 6.45) is -3.78. The van der Waals surface area contributed by atoms with Crippen molar-refractivity contribution in [1.82, 2.24) is 5.32 Å². The number of esters is 1. The molecule has 1 fully saturated rings. The molecule has 112 valence electrons. The van der Waals surface area contributed by atoms with E-state index in [0.29, 0.717) is 26.0 Å². The topological polar surface area (TPSA) is 47.6 Å². The molecule has 0 amide bonds. The molecule has 0 saturated heterocycles. The zero-order chi connectivity index (χ0) is 14.5. The first-order valence-electron chi connectivity index (χ1n) is 6.25. The quantitative estimate of drug-likeness (QED) is 0.618. The summed E-state index contributed by atoms with van der Waals surface area (Å²) in [5.41, 5.74) is -1.24. The third-order valence-corrected chi connectivity index (χ3v) is 3.56. The van der Waals surface area contributed by atoms with Crippen molar-refractivity contribution in [3.63, 3.8) is 0 Å². The van der Waals surface area contributed by atoms with Crippen molar-refractivity contribution in [3.05, 3.63) is 0 Å². The van der Waals surface area contributed by atoms with E-state index in [9.17, 15) is 18.0 Å². The van der Waals surface area contributed by atoms with Crippen LogP contribution in [0.3, 0.4) is 0 Å². The molecule has 7 heteroatoms. The maximum Gasteiger partial charge on any atom is 0.391 e. The van der Waals surface area contributed by atoms with Crippen molar-refractivity contribution in [3.8, 4) is 0 Å². The maximum absolute atomic E-state index is 12.8.